The van der Waals surface area contributed by atoms with Crippen molar-refractivity contribution in [2.24, 2.45) is 0 Å². The monoisotopic (exact) mass is 331 g/mol. The number of H-pyrrole nitrogens is 1. The van der Waals surface area contributed by atoms with Crippen LogP contribution in [0.15, 0.2) is 16.9 Å². The van der Waals surface area contributed by atoms with Crippen molar-refractivity contribution in [3.8, 4) is 0 Å². The van der Waals surface area contributed by atoms with Crippen LogP contribution in [0.25, 0.3) is 10.9 Å². The number of nitrogens with one attached hydrogen (secondary N) is 1. The lowest BCUT2D eigenvalue weighted by Gasteiger charge is -2.12. The van der Waals surface area contributed by atoms with E-state index in [1.54, 1.807) is 16.7 Å². The Bertz CT molecular complexity index is 752. The predicted octanol–water partition coefficient (Wildman–Crippen LogP) is 3.32. The predicted molar refractivity (Wildman–Crippen MR) is 86.6 cm³/mol. The molecule has 0 radical (unpaired) electrons. The van der Waals surface area contributed by atoms with Crippen LogP contribution in [0.4, 0.5) is 0 Å². The highest BCUT2D eigenvalue weighted by molar-refractivity contribution is 7.71. The van der Waals surface area contributed by atoms with Crippen LogP contribution in [0.1, 0.15) is 6.42 Å². The smallest absolute Gasteiger partial charge is 0.262 e. The summed E-state index contributed by atoms with van der Waals surface area (Å²) in [5, 5.41) is 1.29. The van der Waals surface area contributed by atoms with Crippen LogP contribution in [-0.4, -0.2) is 35.1 Å². The van der Waals surface area contributed by atoms with E-state index in [2.05, 4.69) is 9.88 Å². The summed E-state index contributed by atoms with van der Waals surface area (Å²) in [4.78, 5) is 17.5. The van der Waals surface area contributed by atoms with E-state index in [0.717, 1.165) is 13.0 Å². The zero-order valence-electron chi connectivity index (χ0n) is 11.2. The van der Waals surface area contributed by atoms with Crippen molar-refractivity contribution in [3.63, 3.8) is 0 Å². The van der Waals surface area contributed by atoms with Gasteiger partial charge < -0.3 is 9.88 Å². The Balaban J connectivity index is 2.52. The fraction of sp³-hybridized carbons (Fsp3) is 0.385. The van der Waals surface area contributed by atoms with E-state index < -0.39 is 0 Å². The number of aromatic nitrogens is 2. The van der Waals surface area contributed by atoms with Crippen molar-refractivity contribution >= 4 is 46.3 Å². The maximum atomic E-state index is 12.5. The van der Waals surface area contributed by atoms with Gasteiger partial charge >= 0.3 is 0 Å². The molecule has 1 heterocycles. The van der Waals surface area contributed by atoms with Crippen LogP contribution >= 0.6 is 35.4 Å². The van der Waals surface area contributed by atoms with E-state index >= 15 is 0 Å². The number of aromatic amines is 1. The van der Waals surface area contributed by atoms with Crippen molar-refractivity contribution < 1.29 is 0 Å². The third-order valence-corrected chi connectivity index (χ3v) is 3.83. The molecule has 4 nitrogen and oxygen atoms in total. The molecule has 0 fully saturated rings. The second-order valence-corrected chi connectivity index (χ2v) is 6.08. The van der Waals surface area contributed by atoms with Gasteiger partial charge in [0.15, 0.2) is 4.77 Å². The lowest BCUT2D eigenvalue weighted by Crippen LogP contribution is -2.24. The summed E-state index contributed by atoms with van der Waals surface area (Å²) < 4.78 is 1.93. The number of fused-ring (bicyclic) bond motifs is 1. The van der Waals surface area contributed by atoms with Gasteiger partial charge in [-0.3, -0.25) is 9.36 Å². The fourth-order valence-corrected chi connectivity index (χ4v) is 2.85. The van der Waals surface area contributed by atoms with Crippen molar-refractivity contribution in [2.75, 3.05) is 20.6 Å². The molecule has 1 aromatic carbocycles. The summed E-state index contributed by atoms with van der Waals surface area (Å²) in [6.45, 7) is 1.45. The summed E-state index contributed by atoms with van der Waals surface area (Å²) in [6.07, 6.45) is 0.837. The van der Waals surface area contributed by atoms with Gasteiger partial charge in [-0.25, -0.2) is 0 Å². The summed E-state index contributed by atoms with van der Waals surface area (Å²) in [7, 11) is 3.98. The van der Waals surface area contributed by atoms with Crippen LogP contribution in [0.3, 0.4) is 0 Å². The van der Waals surface area contributed by atoms with E-state index in [-0.39, 0.29) is 5.56 Å². The molecule has 0 aliphatic heterocycles. The minimum Gasteiger partial charge on any atom is -0.330 e. The Morgan fingerprint density at radius 2 is 2.05 bits per heavy atom. The Kier molecular flexibility index (Phi) is 4.86. The Hall–Kier alpha value is -0.880. The molecule has 108 valence electrons. The lowest BCUT2D eigenvalue weighted by molar-refractivity contribution is 0.384. The Morgan fingerprint density at radius 1 is 1.35 bits per heavy atom. The second-order valence-electron chi connectivity index (χ2n) is 4.85. The lowest BCUT2D eigenvalue weighted by atomic mass is 10.2. The highest BCUT2D eigenvalue weighted by atomic mass is 35.5. The Morgan fingerprint density at radius 3 is 2.70 bits per heavy atom. The van der Waals surface area contributed by atoms with Gasteiger partial charge in [-0.15, -0.1) is 0 Å². The molecule has 0 atom stereocenters. The summed E-state index contributed by atoms with van der Waals surface area (Å²) >= 11 is 17.3. The van der Waals surface area contributed by atoms with Gasteiger partial charge in [-0.1, -0.05) is 23.2 Å². The van der Waals surface area contributed by atoms with E-state index in [4.69, 9.17) is 35.4 Å². The number of hydrogen-bond acceptors (Lipinski definition) is 3. The maximum absolute atomic E-state index is 12.5. The Labute approximate surface area is 131 Å². The first-order chi connectivity index (χ1) is 9.40. The molecule has 2 aromatic rings. The zero-order chi connectivity index (χ0) is 14.9. The molecule has 0 bridgehead atoms. The van der Waals surface area contributed by atoms with Crippen molar-refractivity contribution in [1.29, 1.82) is 0 Å². The minimum absolute atomic E-state index is 0.160. The fourth-order valence-electron chi connectivity index (χ4n) is 2.03. The normalized spacial score (nSPS) is 11.4. The van der Waals surface area contributed by atoms with E-state index in [1.807, 2.05) is 14.1 Å². The van der Waals surface area contributed by atoms with E-state index in [9.17, 15) is 4.79 Å². The van der Waals surface area contributed by atoms with Crippen molar-refractivity contribution in [2.45, 2.75) is 13.0 Å². The summed E-state index contributed by atoms with van der Waals surface area (Å²) in [6, 6.07) is 3.20. The molecule has 0 aliphatic carbocycles. The summed E-state index contributed by atoms with van der Waals surface area (Å²) in [5.41, 5.74) is 0.377. The SMILES string of the molecule is CN(C)CCCn1c(=S)[nH]c2c(Cl)cc(Cl)cc2c1=O. The topological polar surface area (TPSA) is 41.0 Å². The zero-order valence-corrected chi connectivity index (χ0v) is 13.6. The number of halogens is 2. The average Bonchev–Trinajstić information content (AvgIpc) is 2.35. The van der Waals surface area contributed by atoms with Gasteiger partial charge in [0.25, 0.3) is 5.56 Å². The van der Waals surface area contributed by atoms with Crippen molar-refractivity contribution in [3.05, 3.63) is 37.3 Å². The molecule has 0 aliphatic rings. The van der Waals surface area contributed by atoms with Crippen LogP contribution in [0, 0.1) is 4.77 Å². The molecule has 0 saturated carbocycles. The number of rotatable bonds is 4. The van der Waals surface area contributed by atoms with Gasteiger partial charge in [-0.05, 0) is 51.4 Å². The van der Waals surface area contributed by atoms with E-state index in [1.165, 1.54) is 0 Å². The van der Waals surface area contributed by atoms with E-state index in [0.29, 0.717) is 32.3 Å². The molecule has 20 heavy (non-hydrogen) atoms. The standard InChI is InChI=1S/C13H15Cl2N3OS/c1-17(2)4-3-5-18-12(19)9-6-8(14)7-10(15)11(9)16-13(18)20/h6-7H,3-5H2,1-2H3,(H,16,20). The molecular formula is C13H15Cl2N3OS. The van der Waals surface area contributed by atoms with Crippen LogP contribution in [-0.2, 0) is 6.54 Å². The first-order valence-corrected chi connectivity index (χ1v) is 7.33. The molecule has 1 aromatic heterocycles. The molecule has 7 heteroatoms. The van der Waals surface area contributed by atoms with Crippen molar-refractivity contribution in [1.82, 2.24) is 14.5 Å². The molecule has 0 amide bonds. The third kappa shape index (κ3) is 3.23. The first kappa shape index (κ1) is 15.5. The van der Waals surface area contributed by atoms with Gasteiger partial charge in [0.2, 0.25) is 0 Å². The number of hydrogen-bond donors (Lipinski definition) is 1. The molecular weight excluding hydrogens is 317 g/mol. The van der Waals surface area contributed by atoms with Gasteiger partial charge in [0.05, 0.1) is 15.9 Å². The number of nitrogens with zero attached hydrogens (tertiary/aromatic N) is 2. The number of benzene rings is 1. The summed E-state index contributed by atoms with van der Waals surface area (Å²) in [5.74, 6) is 0. The van der Waals surface area contributed by atoms with Crippen LogP contribution < -0.4 is 5.56 Å². The van der Waals surface area contributed by atoms with Gasteiger partial charge in [0.1, 0.15) is 0 Å². The van der Waals surface area contributed by atoms with Crippen LogP contribution in [0.5, 0.6) is 0 Å². The average molecular weight is 332 g/mol. The second kappa shape index (κ2) is 6.26. The molecule has 1 N–H and O–H groups in total. The first-order valence-electron chi connectivity index (χ1n) is 6.17. The van der Waals surface area contributed by atoms with Crippen LogP contribution in [0.2, 0.25) is 10.0 Å². The van der Waals surface area contributed by atoms with Gasteiger partial charge in [0, 0.05) is 11.6 Å². The molecule has 0 unspecified atom stereocenters. The molecule has 0 spiro atoms. The van der Waals surface area contributed by atoms with Gasteiger partial charge in [-0.2, -0.15) is 0 Å². The molecule has 2 rings (SSSR count). The third-order valence-electron chi connectivity index (χ3n) is 2.99. The highest BCUT2D eigenvalue weighted by Crippen LogP contribution is 2.24. The highest BCUT2D eigenvalue weighted by Gasteiger charge is 2.09. The maximum Gasteiger partial charge on any atom is 0.262 e. The molecule has 0 saturated heterocycles. The minimum atomic E-state index is -0.160. The quantitative estimate of drug-likeness (QED) is 0.874. The largest absolute Gasteiger partial charge is 0.330 e.